The lowest BCUT2D eigenvalue weighted by Crippen LogP contribution is -2.38. The van der Waals surface area contributed by atoms with Crippen LogP contribution in [0.5, 0.6) is 0 Å². The average molecular weight is 292 g/mol. The lowest BCUT2D eigenvalue weighted by molar-refractivity contribution is 0.191. The molecule has 3 heteroatoms. The third kappa shape index (κ3) is 2.86. The maximum absolute atomic E-state index is 6.25. The van der Waals surface area contributed by atoms with Gasteiger partial charge in [-0.2, -0.15) is 0 Å². The molecule has 19 heavy (non-hydrogen) atoms. The van der Waals surface area contributed by atoms with Crippen molar-refractivity contribution in [1.29, 1.82) is 0 Å². The van der Waals surface area contributed by atoms with Crippen molar-refractivity contribution in [3.8, 4) is 0 Å². The third-order valence-electron chi connectivity index (χ3n) is 3.93. The fraction of sp³-hybridized carbons (Fsp3) is 0.375. The largest absolute Gasteiger partial charge is 0.296 e. The van der Waals surface area contributed by atoms with Gasteiger partial charge in [0.2, 0.25) is 0 Å². The molecule has 1 aromatic carbocycles. The Bertz CT molecular complexity index is 563. The van der Waals surface area contributed by atoms with Gasteiger partial charge in [0.15, 0.2) is 0 Å². The van der Waals surface area contributed by atoms with Gasteiger partial charge in [-0.05, 0) is 48.4 Å². The average Bonchev–Trinajstić information content (AvgIpc) is 2.88. The van der Waals surface area contributed by atoms with E-state index < -0.39 is 0 Å². The molecule has 0 N–H and O–H groups in total. The van der Waals surface area contributed by atoms with Gasteiger partial charge in [-0.1, -0.05) is 29.8 Å². The van der Waals surface area contributed by atoms with E-state index in [-0.39, 0.29) is 0 Å². The summed E-state index contributed by atoms with van der Waals surface area (Å²) in [6.07, 6.45) is 2.22. The first-order valence-corrected chi connectivity index (χ1v) is 8.02. The van der Waals surface area contributed by atoms with E-state index >= 15 is 0 Å². The highest BCUT2D eigenvalue weighted by molar-refractivity contribution is 7.10. The minimum absolute atomic E-state index is 0.535. The maximum Gasteiger partial charge on any atom is 0.0438 e. The smallest absolute Gasteiger partial charge is 0.0438 e. The fourth-order valence-electron chi connectivity index (χ4n) is 2.76. The third-order valence-corrected chi connectivity index (χ3v) is 5.33. The van der Waals surface area contributed by atoms with E-state index in [1.165, 1.54) is 24.1 Å². The Kier molecular flexibility index (Phi) is 3.92. The molecule has 0 saturated heterocycles. The van der Waals surface area contributed by atoms with Gasteiger partial charge in [-0.3, -0.25) is 4.90 Å². The highest BCUT2D eigenvalue weighted by Crippen LogP contribution is 2.26. The fourth-order valence-corrected chi connectivity index (χ4v) is 3.86. The summed E-state index contributed by atoms with van der Waals surface area (Å²) in [5.74, 6) is 0. The maximum atomic E-state index is 6.25. The summed E-state index contributed by atoms with van der Waals surface area (Å²) < 4.78 is 0. The summed E-state index contributed by atoms with van der Waals surface area (Å²) in [5.41, 5.74) is 2.77. The van der Waals surface area contributed by atoms with Crippen molar-refractivity contribution < 1.29 is 0 Å². The van der Waals surface area contributed by atoms with Crippen molar-refractivity contribution in [2.24, 2.45) is 0 Å². The van der Waals surface area contributed by atoms with Crippen molar-refractivity contribution in [2.75, 3.05) is 6.54 Å². The minimum atomic E-state index is 0.535. The Balaban J connectivity index is 1.69. The molecule has 0 radical (unpaired) electrons. The Morgan fingerprint density at radius 2 is 2.16 bits per heavy atom. The molecule has 1 nitrogen and oxygen atoms in total. The normalized spacial score (nSPS) is 17.2. The summed E-state index contributed by atoms with van der Waals surface area (Å²) >= 11 is 8.15. The van der Waals surface area contributed by atoms with E-state index in [1.807, 2.05) is 23.5 Å². The van der Waals surface area contributed by atoms with E-state index in [9.17, 15) is 0 Å². The van der Waals surface area contributed by atoms with Crippen molar-refractivity contribution in [3.05, 3.63) is 56.7 Å². The zero-order valence-corrected chi connectivity index (χ0v) is 12.7. The number of halogens is 1. The van der Waals surface area contributed by atoms with Gasteiger partial charge in [0, 0.05) is 29.0 Å². The molecule has 0 amide bonds. The molecule has 0 aliphatic carbocycles. The van der Waals surface area contributed by atoms with Crippen LogP contribution in [0.25, 0.3) is 0 Å². The Morgan fingerprint density at radius 1 is 1.32 bits per heavy atom. The molecule has 0 fully saturated rings. The number of benzene rings is 1. The van der Waals surface area contributed by atoms with E-state index in [1.54, 1.807) is 4.88 Å². The molecule has 1 aliphatic rings. The zero-order chi connectivity index (χ0) is 13.2. The number of rotatable bonds is 3. The molecule has 3 rings (SSSR count). The van der Waals surface area contributed by atoms with Crippen LogP contribution in [-0.2, 0) is 19.4 Å². The first-order chi connectivity index (χ1) is 9.24. The van der Waals surface area contributed by atoms with Crippen LogP contribution < -0.4 is 0 Å². The van der Waals surface area contributed by atoms with Gasteiger partial charge in [0.05, 0.1) is 0 Å². The van der Waals surface area contributed by atoms with E-state index in [0.717, 1.165) is 18.0 Å². The zero-order valence-electron chi connectivity index (χ0n) is 11.1. The molecule has 1 aliphatic heterocycles. The van der Waals surface area contributed by atoms with Gasteiger partial charge in [0.1, 0.15) is 0 Å². The summed E-state index contributed by atoms with van der Waals surface area (Å²) in [5, 5.41) is 3.11. The summed E-state index contributed by atoms with van der Waals surface area (Å²) in [7, 11) is 0. The number of nitrogens with zero attached hydrogens (tertiary/aromatic N) is 1. The number of fused-ring (bicyclic) bond motifs is 1. The second-order valence-electron chi connectivity index (χ2n) is 5.23. The molecule has 0 spiro atoms. The standard InChI is InChI=1S/C16H18ClNS/c1-12(10-13-4-2-3-5-15(13)17)18-8-6-16-14(11-18)7-9-19-16/h2-5,7,9,12H,6,8,10-11H2,1H3. The minimum Gasteiger partial charge on any atom is -0.296 e. The molecule has 0 saturated carbocycles. The van der Waals surface area contributed by atoms with Crippen LogP contribution in [0.4, 0.5) is 0 Å². The van der Waals surface area contributed by atoms with Crippen LogP contribution >= 0.6 is 22.9 Å². The van der Waals surface area contributed by atoms with Crippen LogP contribution in [-0.4, -0.2) is 17.5 Å². The van der Waals surface area contributed by atoms with Gasteiger partial charge >= 0.3 is 0 Å². The molecule has 1 atom stereocenters. The molecule has 0 bridgehead atoms. The predicted octanol–water partition coefficient (Wildman–Crippen LogP) is 4.39. The lowest BCUT2D eigenvalue weighted by atomic mass is 10.0. The predicted molar refractivity (Wildman–Crippen MR) is 83.1 cm³/mol. The van der Waals surface area contributed by atoms with Crippen LogP contribution in [0.15, 0.2) is 35.7 Å². The van der Waals surface area contributed by atoms with E-state index in [0.29, 0.717) is 6.04 Å². The molecule has 100 valence electrons. The summed E-state index contributed by atoms with van der Waals surface area (Å²) in [6, 6.07) is 11.0. The topological polar surface area (TPSA) is 3.24 Å². The van der Waals surface area contributed by atoms with Gasteiger partial charge in [0.25, 0.3) is 0 Å². The lowest BCUT2D eigenvalue weighted by Gasteiger charge is -2.32. The molecule has 2 heterocycles. The van der Waals surface area contributed by atoms with Crippen LogP contribution in [0.1, 0.15) is 22.9 Å². The van der Waals surface area contributed by atoms with E-state index in [2.05, 4.69) is 35.4 Å². The van der Waals surface area contributed by atoms with Gasteiger partial charge in [-0.25, -0.2) is 0 Å². The van der Waals surface area contributed by atoms with Gasteiger partial charge in [-0.15, -0.1) is 11.3 Å². The van der Waals surface area contributed by atoms with Gasteiger partial charge < -0.3 is 0 Å². The Morgan fingerprint density at radius 3 is 3.00 bits per heavy atom. The highest BCUT2D eigenvalue weighted by atomic mass is 35.5. The van der Waals surface area contributed by atoms with Crippen molar-refractivity contribution in [3.63, 3.8) is 0 Å². The molecular weight excluding hydrogens is 274 g/mol. The molecular formula is C16H18ClNS. The molecule has 1 unspecified atom stereocenters. The first-order valence-electron chi connectivity index (χ1n) is 6.77. The van der Waals surface area contributed by atoms with Crippen molar-refractivity contribution in [1.82, 2.24) is 4.90 Å². The van der Waals surface area contributed by atoms with Crippen molar-refractivity contribution >= 4 is 22.9 Å². The van der Waals surface area contributed by atoms with Crippen LogP contribution in [0.2, 0.25) is 5.02 Å². The Hall–Kier alpha value is -0.830. The quantitative estimate of drug-likeness (QED) is 0.811. The van der Waals surface area contributed by atoms with E-state index in [4.69, 9.17) is 11.6 Å². The number of hydrogen-bond donors (Lipinski definition) is 0. The molecule has 2 aromatic rings. The van der Waals surface area contributed by atoms with Crippen LogP contribution in [0, 0.1) is 0 Å². The summed E-state index contributed by atoms with van der Waals surface area (Å²) in [6.45, 7) is 4.56. The number of hydrogen-bond acceptors (Lipinski definition) is 2. The Labute approximate surface area is 123 Å². The second kappa shape index (κ2) is 5.66. The van der Waals surface area contributed by atoms with Crippen LogP contribution in [0.3, 0.4) is 0 Å². The van der Waals surface area contributed by atoms with Crippen molar-refractivity contribution in [2.45, 2.75) is 32.4 Å². The number of thiophene rings is 1. The first kappa shape index (κ1) is 13.2. The molecule has 1 aromatic heterocycles. The summed E-state index contributed by atoms with van der Waals surface area (Å²) in [4.78, 5) is 4.14. The monoisotopic (exact) mass is 291 g/mol. The SMILES string of the molecule is CC(Cc1ccccc1Cl)N1CCc2sccc2C1. The highest BCUT2D eigenvalue weighted by Gasteiger charge is 2.21. The second-order valence-corrected chi connectivity index (χ2v) is 6.64.